The van der Waals surface area contributed by atoms with E-state index >= 15 is 0 Å². The van der Waals surface area contributed by atoms with Gasteiger partial charge in [0.15, 0.2) is 6.10 Å². The number of nitrogens with one attached hydrogen (secondary N) is 1. The molecule has 0 spiro atoms. The third-order valence-electron chi connectivity index (χ3n) is 5.02. The second-order valence-electron chi connectivity index (χ2n) is 7.13. The smallest absolute Gasteiger partial charge is 0.260 e. The topological polar surface area (TPSA) is 50.8 Å². The Labute approximate surface area is 175 Å². The number of benzene rings is 2. The Morgan fingerprint density at radius 3 is 2.59 bits per heavy atom. The summed E-state index contributed by atoms with van der Waals surface area (Å²) in [5, 5.41) is 3.63. The van der Waals surface area contributed by atoms with Crippen molar-refractivity contribution >= 4 is 17.5 Å². The van der Waals surface area contributed by atoms with Crippen LogP contribution in [0.15, 0.2) is 42.5 Å². The second kappa shape index (κ2) is 10.1. The van der Waals surface area contributed by atoms with E-state index in [1.54, 1.807) is 37.3 Å². The maximum atomic E-state index is 13.3. The molecule has 7 heteroatoms. The zero-order valence-electron chi connectivity index (χ0n) is 16.7. The van der Waals surface area contributed by atoms with Gasteiger partial charge < -0.3 is 14.8 Å². The molecule has 0 aromatic heterocycles. The van der Waals surface area contributed by atoms with Crippen molar-refractivity contribution in [3.8, 4) is 5.75 Å². The fourth-order valence-electron chi connectivity index (χ4n) is 3.32. The monoisotopic (exact) mass is 420 g/mol. The summed E-state index contributed by atoms with van der Waals surface area (Å²) in [7, 11) is 0. The standard InChI is InChI=1S/C22H26ClFN2O3/c1-15-13-19(7-8-20(15)23)29-16(2)22(27)25-14-21(26-9-11-28-12-10-26)17-3-5-18(24)6-4-17/h3-8,13,16,21H,9-12,14H2,1-2H3,(H,25,27). The predicted octanol–water partition coefficient (Wildman–Crippen LogP) is 3.74. The van der Waals surface area contributed by atoms with Crippen LogP contribution < -0.4 is 10.1 Å². The highest BCUT2D eigenvalue weighted by Crippen LogP contribution is 2.23. The second-order valence-corrected chi connectivity index (χ2v) is 7.54. The van der Waals surface area contributed by atoms with Gasteiger partial charge >= 0.3 is 0 Å². The molecule has 0 radical (unpaired) electrons. The van der Waals surface area contributed by atoms with E-state index in [2.05, 4.69) is 10.2 Å². The molecule has 29 heavy (non-hydrogen) atoms. The molecule has 5 nitrogen and oxygen atoms in total. The first-order valence-corrected chi connectivity index (χ1v) is 10.1. The van der Waals surface area contributed by atoms with E-state index in [9.17, 15) is 9.18 Å². The Morgan fingerprint density at radius 2 is 1.93 bits per heavy atom. The summed E-state index contributed by atoms with van der Waals surface area (Å²) < 4.78 is 24.5. The van der Waals surface area contributed by atoms with Crippen molar-refractivity contribution in [3.63, 3.8) is 0 Å². The van der Waals surface area contributed by atoms with E-state index < -0.39 is 6.10 Å². The van der Waals surface area contributed by atoms with Gasteiger partial charge in [0.25, 0.3) is 5.91 Å². The fraction of sp³-hybridized carbons (Fsp3) is 0.409. The van der Waals surface area contributed by atoms with Gasteiger partial charge in [-0.1, -0.05) is 23.7 Å². The number of aryl methyl sites for hydroxylation is 1. The lowest BCUT2D eigenvalue weighted by Crippen LogP contribution is -2.45. The summed E-state index contributed by atoms with van der Waals surface area (Å²) in [6.07, 6.45) is -0.658. The van der Waals surface area contributed by atoms with Crippen LogP contribution >= 0.6 is 11.6 Å². The van der Waals surface area contributed by atoms with Gasteiger partial charge in [-0.2, -0.15) is 0 Å². The van der Waals surface area contributed by atoms with Crippen molar-refractivity contribution in [1.82, 2.24) is 10.2 Å². The van der Waals surface area contributed by atoms with Crippen LogP contribution in [-0.2, 0) is 9.53 Å². The van der Waals surface area contributed by atoms with Gasteiger partial charge in [-0.05, 0) is 55.3 Å². The van der Waals surface area contributed by atoms with E-state index in [1.807, 2.05) is 6.92 Å². The average molecular weight is 421 g/mol. The Balaban J connectivity index is 1.63. The number of ether oxygens (including phenoxy) is 2. The van der Waals surface area contributed by atoms with Gasteiger partial charge in [-0.3, -0.25) is 9.69 Å². The van der Waals surface area contributed by atoms with Gasteiger partial charge in [-0.15, -0.1) is 0 Å². The Morgan fingerprint density at radius 1 is 1.24 bits per heavy atom. The van der Waals surface area contributed by atoms with E-state index in [0.29, 0.717) is 30.5 Å². The van der Waals surface area contributed by atoms with Crippen LogP contribution in [-0.4, -0.2) is 49.8 Å². The molecule has 1 aliphatic heterocycles. The third-order valence-corrected chi connectivity index (χ3v) is 5.45. The van der Waals surface area contributed by atoms with Crippen LogP contribution in [0.4, 0.5) is 4.39 Å². The van der Waals surface area contributed by atoms with Crippen LogP contribution in [0.5, 0.6) is 5.75 Å². The van der Waals surface area contributed by atoms with Crippen molar-refractivity contribution in [3.05, 3.63) is 64.4 Å². The molecule has 1 N–H and O–H groups in total. The number of carbonyl (C=O) groups excluding carboxylic acids is 1. The molecule has 1 aliphatic rings. The van der Waals surface area contributed by atoms with Crippen LogP contribution in [0, 0.1) is 12.7 Å². The summed E-state index contributed by atoms with van der Waals surface area (Å²) in [6, 6.07) is 11.7. The Bertz CT molecular complexity index is 825. The fourth-order valence-corrected chi connectivity index (χ4v) is 3.44. The highest BCUT2D eigenvalue weighted by molar-refractivity contribution is 6.31. The van der Waals surface area contributed by atoms with E-state index in [4.69, 9.17) is 21.1 Å². The highest BCUT2D eigenvalue weighted by Gasteiger charge is 2.24. The van der Waals surface area contributed by atoms with Crippen molar-refractivity contribution < 1.29 is 18.7 Å². The van der Waals surface area contributed by atoms with Gasteiger partial charge in [-0.25, -0.2) is 4.39 Å². The van der Waals surface area contributed by atoms with E-state index in [-0.39, 0.29) is 17.8 Å². The van der Waals surface area contributed by atoms with Gasteiger partial charge in [0.2, 0.25) is 0 Å². The number of halogens is 2. The summed E-state index contributed by atoms with van der Waals surface area (Å²) in [4.78, 5) is 14.8. The van der Waals surface area contributed by atoms with Crippen molar-refractivity contribution in [2.45, 2.75) is 26.0 Å². The summed E-state index contributed by atoms with van der Waals surface area (Å²) >= 11 is 6.03. The molecular formula is C22H26ClFN2O3. The number of hydrogen-bond donors (Lipinski definition) is 1. The number of rotatable bonds is 7. The molecule has 156 valence electrons. The quantitative estimate of drug-likeness (QED) is 0.741. The lowest BCUT2D eigenvalue weighted by atomic mass is 10.0. The minimum absolute atomic E-state index is 0.0616. The number of hydrogen-bond acceptors (Lipinski definition) is 4. The molecule has 2 atom stereocenters. The van der Waals surface area contributed by atoms with Crippen molar-refractivity contribution in [2.24, 2.45) is 0 Å². The predicted molar refractivity (Wildman–Crippen MR) is 111 cm³/mol. The molecule has 0 bridgehead atoms. The van der Waals surface area contributed by atoms with Crippen LogP contribution in [0.1, 0.15) is 24.1 Å². The SMILES string of the molecule is Cc1cc(OC(C)C(=O)NCC(c2ccc(F)cc2)N2CCOCC2)ccc1Cl. The first-order chi connectivity index (χ1) is 13.9. The zero-order chi connectivity index (χ0) is 20.8. The molecule has 0 saturated carbocycles. The van der Waals surface area contributed by atoms with Crippen LogP contribution in [0.25, 0.3) is 0 Å². The largest absolute Gasteiger partial charge is 0.481 e. The average Bonchev–Trinajstić information content (AvgIpc) is 2.72. The molecule has 1 heterocycles. The number of amides is 1. The normalized spacial score (nSPS) is 16.8. The summed E-state index contributed by atoms with van der Waals surface area (Å²) in [6.45, 7) is 6.79. The van der Waals surface area contributed by atoms with Crippen molar-refractivity contribution in [1.29, 1.82) is 0 Å². The van der Waals surface area contributed by atoms with Gasteiger partial charge in [0.1, 0.15) is 11.6 Å². The van der Waals surface area contributed by atoms with Crippen LogP contribution in [0.3, 0.4) is 0 Å². The van der Waals surface area contributed by atoms with Crippen LogP contribution in [0.2, 0.25) is 5.02 Å². The lowest BCUT2D eigenvalue weighted by Gasteiger charge is -2.35. The van der Waals surface area contributed by atoms with E-state index in [1.165, 1.54) is 12.1 Å². The molecule has 2 aromatic rings. The minimum atomic E-state index is -0.658. The molecule has 1 saturated heterocycles. The third kappa shape index (κ3) is 5.92. The van der Waals surface area contributed by atoms with Crippen molar-refractivity contribution in [2.75, 3.05) is 32.8 Å². The lowest BCUT2D eigenvalue weighted by molar-refractivity contribution is -0.127. The Kier molecular flexibility index (Phi) is 7.47. The molecule has 2 aromatic carbocycles. The summed E-state index contributed by atoms with van der Waals surface area (Å²) in [5.74, 6) is 0.106. The number of carbonyl (C=O) groups is 1. The highest BCUT2D eigenvalue weighted by atomic mass is 35.5. The molecule has 1 amide bonds. The Hall–Kier alpha value is -2.15. The maximum Gasteiger partial charge on any atom is 0.260 e. The molecule has 0 aliphatic carbocycles. The molecule has 3 rings (SSSR count). The number of morpholine rings is 1. The van der Waals surface area contributed by atoms with E-state index in [0.717, 1.165) is 24.2 Å². The summed E-state index contributed by atoms with van der Waals surface area (Å²) in [5.41, 5.74) is 1.84. The minimum Gasteiger partial charge on any atom is -0.481 e. The van der Waals surface area contributed by atoms with Gasteiger partial charge in [0, 0.05) is 24.7 Å². The molecular weight excluding hydrogens is 395 g/mol. The van der Waals surface area contributed by atoms with Gasteiger partial charge in [0.05, 0.1) is 19.3 Å². The first-order valence-electron chi connectivity index (χ1n) is 9.72. The first kappa shape index (κ1) is 21.6. The molecule has 1 fully saturated rings. The maximum absolute atomic E-state index is 13.3. The molecule has 2 unspecified atom stereocenters. The zero-order valence-corrected chi connectivity index (χ0v) is 17.4. The number of nitrogens with zero attached hydrogens (tertiary/aromatic N) is 1.